The number of carbonyl (C=O) groups is 1. The Kier molecular flexibility index (Phi) is 10.6. The molecule has 19 heavy (non-hydrogen) atoms. The molecule has 0 aromatic heterocycles. The Hall–Kier alpha value is -0.790. The molecule has 0 heterocycles. The van der Waals surface area contributed by atoms with Gasteiger partial charge in [0, 0.05) is 0 Å². The van der Waals surface area contributed by atoms with Crippen LogP contribution in [0.5, 0.6) is 0 Å². The van der Waals surface area contributed by atoms with Crippen LogP contribution in [-0.2, 0) is 9.53 Å². The first-order valence-corrected chi connectivity index (χ1v) is 7.87. The summed E-state index contributed by atoms with van der Waals surface area (Å²) in [5.41, 5.74) is -0.359. The summed E-state index contributed by atoms with van der Waals surface area (Å²) in [5.74, 6) is -0.117. The van der Waals surface area contributed by atoms with E-state index in [4.69, 9.17) is 4.74 Å². The van der Waals surface area contributed by atoms with Gasteiger partial charge in [-0.25, -0.2) is 0 Å². The minimum Gasteiger partial charge on any atom is -0.434 e. The summed E-state index contributed by atoms with van der Waals surface area (Å²) in [4.78, 5) is 11.8. The molecule has 0 aromatic carbocycles. The fraction of sp³-hybridized carbons (Fsp3) is 0.824. The molecule has 112 valence electrons. The zero-order valence-electron chi connectivity index (χ0n) is 13.3. The van der Waals surface area contributed by atoms with Gasteiger partial charge in [-0.2, -0.15) is 0 Å². The van der Waals surface area contributed by atoms with Crippen LogP contribution >= 0.6 is 0 Å². The minimum absolute atomic E-state index is 0.117. The zero-order chi connectivity index (χ0) is 14.6. The highest BCUT2D eigenvalue weighted by Gasteiger charge is 2.28. The van der Waals surface area contributed by atoms with E-state index in [1.165, 1.54) is 51.2 Å². The van der Waals surface area contributed by atoms with Crippen LogP contribution in [0.2, 0.25) is 0 Å². The molecule has 0 rings (SSSR count). The number of ether oxygens (including phenoxy) is 1. The highest BCUT2D eigenvalue weighted by Crippen LogP contribution is 2.26. The predicted octanol–water partition coefficient (Wildman–Crippen LogP) is 5.62. The molecule has 2 heteroatoms. The topological polar surface area (TPSA) is 26.3 Å². The fourth-order valence-corrected chi connectivity index (χ4v) is 2.09. The Balaban J connectivity index is 3.60. The SMILES string of the molecule is C/C=C/OC(=O)C(C)(C)CCCCCCCCCC. The van der Waals surface area contributed by atoms with Crippen molar-refractivity contribution >= 4 is 5.97 Å². The van der Waals surface area contributed by atoms with Crippen molar-refractivity contribution in [3.8, 4) is 0 Å². The van der Waals surface area contributed by atoms with Crippen LogP contribution in [0, 0.1) is 5.41 Å². The first-order valence-electron chi connectivity index (χ1n) is 7.87. The zero-order valence-corrected chi connectivity index (χ0v) is 13.3. The number of hydrogen-bond acceptors (Lipinski definition) is 2. The highest BCUT2D eigenvalue weighted by molar-refractivity contribution is 5.76. The van der Waals surface area contributed by atoms with Crippen LogP contribution in [0.3, 0.4) is 0 Å². The van der Waals surface area contributed by atoms with Crippen molar-refractivity contribution < 1.29 is 9.53 Å². The number of hydrogen-bond donors (Lipinski definition) is 0. The van der Waals surface area contributed by atoms with Crippen molar-refractivity contribution in [1.29, 1.82) is 0 Å². The molecule has 0 N–H and O–H groups in total. The Morgan fingerprint density at radius 2 is 1.53 bits per heavy atom. The molecule has 0 aliphatic rings. The maximum Gasteiger partial charge on any atom is 0.316 e. The van der Waals surface area contributed by atoms with Gasteiger partial charge < -0.3 is 4.74 Å². The monoisotopic (exact) mass is 268 g/mol. The number of esters is 1. The van der Waals surface area contributed by atoms with E-state index in [2.05, 4.69) is 6.92 Å². The largest absolute Gasteiger partial charge is 0.434 e. The van der Waals surface area contributed by atoms with Gasteiger partial charge in [-0.05, 0) is 27.2 Å². The lowest BCUT2D eigenvalue weighted by atomic mass is 9.87. The second kappa shape index (κ2) is 11.1. The molecule has 0 radical (unpaired) electrons. The van der Waals surface area contributed by atoms with E-state index in [0.717, 1.165) is 12.8 Å². The van der Waals surface area contributed by atoms with Crippen LogP contribution < -0.4 is 0 Å². The van der Waals surface area contributed by atoms with E-state index in [0.29, 0.717) is 0 Å². The lowest BCUT2D eigenvalue weighted by Gasteiger charge is -2.21. The smallest absolute Gasteiger partial charge is 0.316 e. The summed E-state index contributed by atoms with van der Waals surface area (Å²) in [6, 6.07) is 0. The van der Waals surface area contributed by atoms with Crippen LogP contribution in [0.15, 0.2) is 12.3 Å². The van der Waals surface area contributed by atoms with Crippen LogP contribution in [0.25, 0.3) is 0 Å². The molecule has 0 aliphatic carbocycles. The van der Waals surface area contributed by atoms with E-state index in [1.807, 2.05) is 20.8 Å². The van der Waals surface area contributed by atoms with E-state index < -0.39 is 0 Å². The summed E-state index contributed by atoms with van der Waals surface area (Å²) in [5, 5.41) is 0. The predicted molar refractivity (Wildman–Crippen MR) is 81.9 cm³/mol. The van der Waals surface area contributed by atoms with Crippen LogP contribution in [0.1, 0.15) is 85.5 Å². The van der Waals surface area contributed by atoms with Crippen molar-refractivity contribution in [2.75, 3.05) is 0 Å². The van der Waals surface area contributed by atoms with E-state index in [9.17, 15) is 4.79 Å². The molecule has 0 fully saturated rings. The summed E-state index contributed by atoms with van der Waals surface area (Å²) in [6.07, 6.45) is 14.5. The van der Waals surface area contributed by atoms with Crippen LogP contribution in [0.4, 0.5) is 0 Å². The Morgan fingerprint density at radius 3 is 2.05 bits per heavy atom. The molecule has 0 bridgehead atoms. The third-order valence-electron chi connectivity index (χ3n) is 3.52. The van der Waals surface area contributed by atoms with Gasteiger partial charge in [0.2, 0.25) is 0 Å². The van der Waals surface area contributed by atoms with E-state index in [1.54, 1.807) is 6.08 Å². The number of unbranched alkanes of at least 4 members (excludes halogenated alkanes) is 7. The summed E-state index contributed by atoms with van der Waals surface area (Å²) >= 11 is 0. The standard InChI is InChI=1S/C17H32O2/c1-5-7-8-9-10-11-12-13-14-17(3,4)16(18)19-15-6-2/h6,15H,5,7-14H2,1-4H3/b15-6+. The lowest BCUT2D eigenvalue weighted by molar-refractivity contribution is -0.148. The molecular formula is C17H32O2. The molecule has 0 amide bonds. The minimum atomic E-state index is -0.359. The molecule has 0 atom stereocenters. The van der Waals surface area contributed by atoms with Crippen LogP contribution in [-0.4, -0.2) is 5.97 Å². The van der Waals surface area contributed by atoms with Gasteiger partial charge in [-0.3, -0.25) is 4.79 Å². The van der Waals surface area contributed by atoms with Gasteiger partial charge in [-0.1, -0.05) is 64.4 Å². The summed E-state index contributed by atoms with van der Waals surface area (Å²) in [6.45, 7) is 8.04. The second-order valence-corrected chi connectivity index (χ2v) is 5.98. The molecular weight excluding hydrogens is 236 g/mol. The van der Waals surface area contributed by atoms with Crippen molar-refractivity contribution in [2.45, 2.75) is 85.5 Å². The molecule has 0 aliphatic heterocycles. The van der Waals surface area contributed by atoms with Crippen molar-refractivity contribution in [3.05, 3.63) is 12.3 Å². The second-order valence-electron chi connectivity index (χ2n) is 5.98. The van der Waals surface area contributed by atoms with E-state index >= 15 is 0 Å². The third kappa shape index (κ3) is 9.75. The molecule has 2 nitrogen and oxygen atoms in total. The van der Waals surface area contributed by atoms with Gasteiger partial charge >= 0.3 is 5.97 Å². The molecule has 0 unspecified atom stereocenters. The van der Waals surface area contributed by atoms with Gasteiger partial charge in [0.05, 0.1) is 11.7 Å². The first kappa shape index (κ1) is 18.2. The number of carbonyl (C=O) groups excluding carboxylic acids is 1. The first-order chi connectivity index (χ1) is 9.04. The normalized spacial score (nSPS) is 12.0. The van der Waals surface area contributed by atoms with Gasteiger partial charge in [0.15, 0.2) is 0 Å². The average molecular weight is 268 g/mol. The van der Waals surface area contributed by atoms with Gasteiger partial charge in [0.1, 0.15) is 0 Å². The Bertz CT molecular complexity index is 254. The number of allylic oxidation sites excluding steroid dienone is 1. The maximum atomic E-state index is 11.8. The number of rotatable bonds is 11. The highest BCUT2D eigenvalue weighted by atomic mass is 16.5. The van der Waals surface area contributed by atoms with Gasteiger partial charge in [0.25, 0.3) is 0 Å². The third-order valence-corrected chi connectivity index (χ3v) is 3.52. The van der Waals surface area contributed by atoms with Gasteiger partial charge in [-0.15, -0.1) is 0 Å². The lowest BCUT2D eigenvalue weighted by Crippen LogP contribution is -2.25. The van der Waals surface area contributed by atoms with Crippen molar-refractivity contribution in [1.82, 2.24) is 0 Å². The summed E-state index contributed by atoms with van der Waals surface area (Å²) < 4.78 is 5.06. The Morgan fingerprint density at radius 1 is 1.00 bits per heavy atom. The summed E-state index contributed by atoms with van der Waals surface area (Å²) in [7, 11) is 0. The molecule has 0 spiro atoms. The fourth-order valence-electron chi connectivity index (χ4n) is 2.09. The Labute approximate surface area is 119 Å². The maximum absolute atomic E-state index is 11.8. The molecule has 0 saturated heterocycles. The average Bonchev–Trinajstić information content (AvgIpc) is 2.38. The molecule has 0 aromatic rings. The van der Waals surface area contributed by atoms with Crippen molar-refractivity contribution in [2.24, 2.45) is 5.41 Å². The van der Waals surface area contributed by atoms with E-state index in [-0.39, 0.29) is 11.4 Å². The van der Waals surface area contributed by atoms with Crippen molar-refractivity contribution in [3.63, 3.8) is 0 Å². The molecule has 0 saturated carbocycles. The quantitative estimate of drug-likeness (QED) is 0.276.